The first kappa shape index (κ1) is 18.0. The molecule has 3 rings (SSSR count). The van der Waals surface area contributed by atoms with E-state index in [9.17, 15) is 4.79 Å². The SMILES string of the molecule is COc1ccccc1NC(=O)N1CCS[C@H](c2ccccc2Cl)CC1. The fourth-order valence-electron chi connectivity index (χ4n) is 2.90. The van der Waals surface area contributed by atoms with Crippen molar-refractivity contribution in [3.63, 3.8) is 0 Å². The van der Waals surface area contributed by atoms with Gasteiger partial charge >= 0.3 is 6.03 Å². The number of methoxy groups -OCH3 is 1. The molecule has 1 aliphatic heterocycles. The number of hydrogen-bond donors (Lipinski definition) is 1. The van der Waals surface area contributed by atoms with Gasteiger partial charge in [0.05, 0.1) is 12.8 Å². The highest BCUT2D eigenvalue weighted by atomic mass is 35.5. The molecule has 2 aromatic carbocycles. The third-order valence-corrected chi connectivity index (χ3v) is 5.88. The lowest BCUT2D eigenvalue weighted by molar-refractivity contribution is 0.215. The van der Waals surface area contributed by atoms with Gasteiger partial charge in [0, 0.05) is 29.1 Å². The fraction of sp³-hybridized carbons (Fsp3) is 0.316. The third kappa shape index (κ3) is 4.41. The maximum Gasteiger partial charge on any atom is 0.321 e. The van der Waals surface area contributed by atoms with Crippen LogP contribution in [0.5, 0.6) is 5.75 Å². The van der Waals surface area contributed by atoms with Crippen molar-refractivity contribution in [2.45, 2.75) is 11.7 Å². The van der Waals surface area contributed by atoms with E-state index in [4.69, 9.17) is 16.3 Å². The lowest BCUT2D eigenvalue weighted by atomic mass is 10.1. The number of halogens is 1. The zero-order valence-corrected chi connectivity index (χ0v) is 15.6. The molecular weight excluding hydrogens is 356 g/mol. The number of urea groups is 1. The van der Waals surface area contributed by atoms with Gasteiger partial charge in [-0.15, -0.1) is 0 Å². The van der Waals surface area contributed by atoms with Gasteiger partial charge in [0.15, 0.2) is 0 Å². The third-order valence-electron chi connectivity index (χ3n) is 4.23. The van der Waals surface area contributed by atoms with Gasteiger partial charge in [-0.1, -0.05) is 41.9 Å². The van der Waals surface area contributed by atoms with Crippen molar-refractivity contribution in [3.8, 4) is 5.75 Å². The average molecular weight is 377 g/mol. The number of ether oxygens (including phenoxy) is 1. The number of thioether (sulfide) groups is 1. The molecule has 0 aromatic heterocycles. The largest absolute Gasteiger partial charge is 0.495 e. The minimum Gasteiger partial charge on any atom is -0.495 e. The van der Waals surface area contributed by atoms with Crippen molar-refractivity contribution < 1.29 is 9.53 Å². The number of carbonyl (C=O) groups excluding carboxylic acids is 1. The predicted molar refractivity (Wildman–Crippen MR) is 105 cm³/mol. The number of anilines is 1. The lowest BCUT2D eigenvalue weighted by Gasteiger charge is -2.21. The van der Waals surface area contributed by atoms with Gasteiger partial charge in [0.25, 0.3) is 0 Å². The highest BCUT2D eigenvalue weighted by Gasteiger charge is 2.23. The summed E-state index contributed by atoms with van der Waals surface area (Å²) in [6.07, 6.45) is 0.883. The number of amides is 2. The van der Waals surface area contributed by atoms with E-state index >= 15 is 0 Å². The second-order valence-corrected chi connectivity index (χ2v) is 7.50. The molecule has 0 spiro atoms. The molecule has 1 N–H and O–H groups in total. The van der Waals surface area contributed by atoms with Crippen LogP contribution in [0.2, 0.25) is 5.02 Å². The van der Waals surface area contributed by atoms with Crippen molar-refractivity contribution in [3.05, 3.63) is 59.1 Å². The van der Waals surface area contributed by atoms with Crippen molar-refractivity contribution in [2.75, 3.05) is 31.3 Å². The van der Waals surface area contributed by atoms with Crippen molar-refractivity contribution in [1.82, 2.24) is 4.90 Å². The van der Waals surface area contributed by atoms with Crippen molar-refractivity contribution in [1.29, 1.82) is 0 Å². The predicted octanol–water partition coefficient (Wildman–Crippen LogP) is 5.06. The van der Waals surface area contributed by atoms with E-state index in [0.717, 1.165) is 22.8 Å². The van der Waals surface area contributed by atoms with Gasteiger partial charge in [-0.2, -0.15) is 11.8 Å². The zero-order chi connectivity index (χ0) is 17.6. The molecule has 1 aliphatic rings. The van der Waals surface area contributed by atoms with Crippen molar-refractivity contribution >= 4 is 35.1 Å². The summed E-state index contributed by atoms with van der Waals surface area (Å²) in [6.45, 7) is 1.41. The van der Waals surface area contributed by atoms with Crippen LogP contribution >= 0.6 is 23.4 Å². The molecule has 1 heterocycles. The number of para-hydroxylation sites is 2. The molecular formula is C19H21ClN2O2S. The van der Waals surface area contributed by atoms with Gasteiger partial charge in [0.2, 0.25) is 0 Å². The van der Waals surface area contributed by atoms with Crippen LogP contribution in [0.25, 0.3) is 0 Å². The number of rotatable bonds is 3. The molecule has 1 atom stereocenters. The summed E-state index contributed by atoms with van der Waals surface area (Å²) in [5.74, 6) is 1.55. The van der Waals surface area contributed by atoms with Gasteiger partial charge in [0.1, 0.15) is 5.75 Å². The summed E-state index contributed by atoms with van der Waals surface area (Å²) in [6, 6.07) is 15.3. The van der Waals surface area contributed by atoms with E-state index in [1.807, 2.05) is 59.1 Å². The molecule has 0 saturated carbocycles. The zero-order valence-electron chi connectivity index (χ0n) is 14.1. The Morgan fingerprint density at radius 2 is 1.96 bits per heavy atom. The number of nitrogens with one attached hydrogen (secondary N) is 1. The van der Waals surface area contributed by atoms with E-state index in [0.29, 0.717) is 29.8 Å². The number of carbonyl (C=O) groups is 1. The van der Waals surface area contributed by atoms with Crippen LogP contribution in [0.1, 0.15) is 17.2 Å². The summed E-state index contributed by atoms with van der Waals surface area (Å²) < 4.78 is 5.29. The maximum atomic E-state index is 12.6. The second-order valence-electron chi connectivity index (χ2n) is 5.79. The average Bonchev–Trinajstić information content (AvgIpc) is 2.89. The molecule has 1 fully saturated rings. The number of hydrogen-bond acceptors (Lipinski definition) is 3. The first-order valence-corrected chi connectivity index (χ1v) is 9.66. The minimum atomic E-state index is -0.0927. The Labute approximate surface area is 157 Å². The Kier molecular flexibility index (Phi) is 6.10. The van der Waals surface area contributed by atoms with E-state index in [-0.39, 0.29) is 6.03 Å². The topological polar surface area (TPSA) is 41.6 Å². The first-order chi connectivity index (χ1) is 12.2. The lowest BCUT2D eigenvalue weighted by Crippen LogP contribution is -2.36. The van der Waals surface area contributed by atoms with E-state index in [1.165, 1.54) is 0 Å². The van der Waals surface area contributed by atoms with Crippen LogP contribution in [0.3, 0.4) is 0 Å². The smallest absolute Gasteiger partial charge is 0.321 e. The van der Waals surface area contributed by atoms with Crippen molar-refractivity contribution in [2.24, 2.45) is 0 Å². The Hall–Kier alpha value is -1.85. The molecule has 25 heavy (non-hydrogen) atoms. The van der Waals surface area contributed by atoms with Gasteiger partial charge < -0.3 is 15.0 Å². The van der Waals surface area contributed by atoms with Crippen LogP contribution in [0.15, 0.2) is 48.5 Å². The van der Waals surface area contributed by atoms with E-state index < -0.39 is 0 Å². The molecule has 0 bridgehead atoms. The standard InChI is InChI=1S/C19H21ClN2O2S/c1-24-17-9-5-4-8-16(17)21-19(23)22-11-10-18(25-13-12-22)14-6-2-3-7-15(14)20/h2-9,18H,10-13H2,1H3,(H,21,23)/t18-/m0/s1. The van der Waals surface area contributed by atoms with Crippen LogP contribution in [-0.4, -0.2) is 36.9 Å². The minimum absolute atomic E-state index is 0.0927. The summed E-state index contributed by atoms with van der Waals surface area (Å²) in [5.41, 5.74) is 1.84. The summed E-state index contributed by atoms with van der Waals surface area (Å²) in [5, 5.41) is 4.07. The Bertz CT molecular complexity index is 741. The Morgan fingerprint density at radius 3 is 2.76 bits per heavy atom. The molecule has 0 aliphatic carbocycles. The highest BCUT2D eigenvalue weighted by molar-refractivity contribution is 7.99. The Balaban J connectivity index is 1.65. The van der Waals surface area contributed by atoms with E-state index in [1.54, 1.807) is 7.11 Å². The summed E-state index contributed by atoms with van der Waals surface area (Å²) >= 11 is 8.19. The monoisotopic (exact) mass is 376 g/mol. The van der Waals surface area contributed by atoms with Gasteiger partial charge in [-0.3, -0.25) is 0 Å². The quantitative estimate of drug-likeness (QED) is 0.813. The maximum absolute atomic E-state index is 12.6. The van der Waals surface area contributed by atoms with Crippen LogP contribution in [-0.2, 0) is 0 Å². The molecule has 6 heteroatoms. The summed E-state index contributed by atoms with van der Waals surface area (Å²) in [4.78, 5) is 14.5. The number of benzene rings is 2. The van der Waals surface area contributed by atoms with Crippen LogP contribution in [0.4, 0.5) is 10.5 Å². The fourth-order valence-corrected chi connectivity index (χ4v) is 4.50. The summed E-state index contributed by atoms with van der Waals surface area (Å²) in [7, 11) is 1.60. The first-order valence-electron chi connectivity index (χ1n) is 8.24. The number of nitrogens with zero attached hydrogens (tertiary/aromatic N) is 1. The van der Waals surface area contributed by atoms with Crippen LogP contribution < -0.4 is 10.1 Å². The van der Waals surface area contributed by atoms with E-state index in [2.05, 4.69) is 11.4 Å². The molecule has 132 valence electrons. The Morgan fingerprint density at radius 1 is 1.20 bits per heavy atom. The molecule has 2 aromatic rings. The normalized spacial score (nSPS) is 17.7. The molecule has 4 nitrogen and oxygen atoms in total. The van der Waals surface area contributed by atoms with Crippen LogP contribution in [0, 0.1) is 0 Å². The second kappa shape index (κ2) is 8.50. The van der Waals surface area contributed by atoms with Gasteiger partial charge in [-0.05, 0) is 30.2 Å². The molecule has 0 unspecified atom stereocenters. The molecule has 2 amide bonds. The molecule has 0 radical (unpaired) electrons. The highest BCUT2D eigenvalue weighted by Crippen LogP contribution is 2.37. The van der Waals surface area contributed by atoms with Gasteiger partial charge in [-0.25, -0.2) is 4.79 Å². The molecule has 1 saturated heterocycles.